The third-order valence-corrected chi connectivity index (χ3v) is 4.80. The molecule has 3 unspecified atom stereocenters. The van der Waals surface area contributed by atoms with Gasteiger partial charge in [-0.3, -0.25) is 9.69 Å². The largest absolute Gasteiger partial charge is 0.378 e. The summed E-state index contributed by atoms with van der Waals surface area (Å²) >= 11 is 1.71. The quantitative estimate of drug-likeness (QED) is 0.762. The van der Waals surface area contributed by atoms with Crippen LogP contribution in [0, 0.1) is 5.92 Å². The second-order valence-electron chi connectivity index (χ2n) is 5.37. The fraction of sp³-hybridized carbons (Fsp3) is 0.688. The van der Waals surface area contributed by atoms with Gasteiger partial charge in [0.05, 0.1) is 18.1 Å². The molecule has 0 radical (unpaired) electrons. The van der Waals surface area contributed by atoms with Crippen LogP contribution in [0.4, 0.5) is 0 Å². The second-order valence-corrected chi connectivity index (χ2v) is 6.15. The standard InChI is InChI=1S/C16H26N2O2S/c1-4-18(5-2)14(12-7-8-21-11-12)10-17-16(19)13-9-15(13)20-6-3/h7-8,11,13-15H,4-6,9-10H2,1-3H3,(H,17,19). The Hall–Kier alpha value is -0.910. The molecule has 3 atom stereocenters. The van der Waals surface area contributed by atoms with E-state index >= 15 is 0 Å². The Bertz CT molecular complexity index is 431. The van der Waals surface area contributed by atoms with Crippen molar-refractivity contribution in [3.05, 3.63) is 22.4 Å². The van der Waals surface area contributed by atoms with E-state index in [-0.39, 0.29) is 24.0 Å². The summed E-state index contributed by atoms with van der Waals surface area (Å²) in [6.07, 6.45) is 1.01. The highest BCUT2D eigenvalue weighted by molar-refractivity contribution is 7.07. The van der Waals surface area contributed by atoms with Crippen molar-refractivity contribution in [2.45, 2.75) is 39.3 Å². The Morgan fingerprint density at radius 1 is 1.48 bits per heavy atom. The summed E-state index contributed by atoms with van der Waals surface area (Å²) in [6.45, 7) is 9.63. The molecule has 1 N–H and O–H groups in total. The lowest BCUT2D eigenvalue weighted by molar-refractivity contribution is -0.123. The van der Waals surface area contributed by atoms with Crippen molar-refractivity contribution >= 4 is 17.2 Å². The molecule has 4 nitrogen and oxygen atoms in total. The summed E-state index contributed by atoms with van der Waals surface area (Å²) < 4.78 is 5.49. The number of hydrogen-bond acceptors (Lipinski definition) is 4. The molecule has 2 rings (SSSR count). The van der Waals surface area contributed by atoms with E-state index in [0.717, 1.165) is 19.5 Å². The van der Waals surface area contributed by atoms with Gasteiger partial charge in [-0.05, 0) is 48.8 Å². The number of nitrogens with zero attached hydrogens (tertiary/aromatic N) is 1. The number of ether oxygens (including phenoxy) is 1. The maximum atomic E-state index is 12.2. The summed E-state index contributed by atoms with van der Waals surface area (Å²) in [5.41, 5.74) is 1.29. The highest BCUT2D eigenvalue weighted by Crippen LogP contribution is 2.34. The molecule has 1 amide bonds. The van der Waals surface area contributed by atoms with Gasteiger partial charge in [0.15, 0.2) is 0 Å². The lowest BCUT2D eigenvalue weighted by Crippen LogP contribution is -2.38. The summed E-state index contributed by atoms with van der Waals surface area (Å²) in [4.78, 5) is 14.5. The summed E-state index contributed by atoms with van der Waals surface area (Å²) in [5, 5.41) is 7.39. The van der Waals surface area contributed by atoms with Crippen molar-refractivity contribution in [2.75, 3.05) is 26.2 Å². The van der Waals surface area contributed by atoms with E-state index in [0.29, 0.717) is 13.2 Å². The summed E-state index contributed by atoms with van der Waals surface area (Å²) in [6, 6.07) is 2.42. The molecule has 1 fully saturated rings. The molecule has 1 saturated carbocycles. The molecule has 1 aromatic heterocycles. The molecular formula is C16H26N2O2S. The van der Waals surface area contributed by atoms with Crippen molar-refractivity contribution in [1.29, 1.82) is 0 Å². The van der Waals surface area contributed by atoms with E-state index in [4.69, 9.17) is 4.74 Å². The maximum absolute atomic E-state index is 12.2. The topological polar surface area (TPSA) is 41.6 Å². The van der Waals surface area contributed by atoms with Gasteiger partial charge in [-0.1, -0.05) is 13.8 Å². The van der Waals surface area contributed by atoms with Crippen LogP contribution in [0.15, 0.2) is 16.8 Å². The minimum atomic E-state index is 0.0600. The van der Waals surface area contributed by atoms with Gasteiger partial charge < -0.3 is 10.1 Å². The molecule has 5 heteroatoms. The molecule has 0 aromatic carbocycles. The first-order chi connectivity index (χ1) is 10.2. The van der Waals surface area contributed by atoms with Crippen LogP contribution in [0.2, 0.25) is 0 Å². The highest BCUT2D eigenvalue weighted by atomic mass is 32.1. The summed E-state index contributed by atoms with van der Waals surface area (Å²) in [7, 11) is 0. The molecule has 1 heterocycles. The van der Waals surface area contributed by atoms with E-state index < -0.39 is 0 Å². The van der Waals surface area contributed by atoms with Gasteiger partial charge in [0.2, 0.25) is 5.91 Å². The van der Waals surface area contributed by atoms with Gasteiger partial charge in [0.1, 0.15) is 0 Å². The van der Waals surface area contributed by atoms with Gasteiger partial charge in [-0.15, -0.1) is 0 Å². The molecule has 21 heavy (non-hydrogen) atoms. The zero-order valence-corrected chi connectivity index (χ0v) is 14.0. The van der Waals surface area contributed by atoms with Crippen molar-refractivity contribution in [2.24, 2.45) is 5.92 Å². The normalized spacial score (nSPS) is 22.3. The van der Waals surface area contributed by atoms with E-state index in [1.165, 1.54) is 5.56 Å². The molecule has 0 bridgehead atoms. The molecule has 1 aliphatic carbocycles. The lowest BCUT2D eigenvalue weighted by atomic mass is 10.1. The highest BCUT2D eigenvalue weighted by Gasteiger charge is 2.43. The van der Waals surface area contributed by atoms with E-state index in [2.05, 4.69) is 40.9 Å². The first kappa shape index (κ1) is 16.5. The first-order valence-electron chi connectivity index (χ1n) is 7.86. The van der Waals surface area contributed by atoms with Crippen molar-refractivity contribution in [3.8, 4) is 0 Å². The fourth-order valence-corrected chi connectivity index (χ4v) is 3.47. The van der Waals surface area contributed by atoms with E-state index in [9.17, 15) is 4.79 Å². The third kappa shape index (κ3) is 4.28. The van der Waals surface area contributed by atoms with Crippen molar-refractivity contribution in [3.63, 3.8) is 0 Å². The molecule has 0 aliphatic heterocycles. The number of nitrogens with one attached hydrogen (secondary N) is 1. The van der Waals surface area contributed by atoms with Crippen LogP contribution in [0.3, 0.4) is 0 Å². The SMILES string of the molecule is CCOC1CC1C(=O)NCC(c1ccsc1)N(CC)CC. The van der Waals surface area contributed by atoms with Gasteiger partial charge in [-0.2, -0.15) is 11.3 Å². The molecule has 0 spiro atoms. The molecular weight excluding hydrogens is 284 g/mol. The van der Waals surface area contributed by atoms with Crippen LogP contribution in [0.25, 0.3) is 0 Å². The molecule has 0 saturated heterocycles. The smallest absolute Gasteiger partial charge is 0.225 e. The fourth-order valence-electron chi connectivity index (χ4n) is 2.76. The van der Waals surface area contributed by atoms with E-state index in [1.807, 2.05) is 6.92 Å². The third-order valence-electron chi connectivity index (χ3n) is 4.10. The van der Waals surface area contributed by atoms with Crippen LogP contribution in [-0.4, -0.2) is 43.2 Å². The number of thiophene rings is 1. The van der Waals surface area contributed by atoms with E-state index in [1.54, 1.807) is 11.3 Å². The minimum Gasteiger partial charge on any atom is -0.378 e. The maximum Gasteiger partial charge on any atom is 0.225 e. The number of carbonyl (C=O) groups is 1. The lowest BCUT2D eigenvalue weighted by Gasteiger charge is -2.29. The number of hydrogen-bond donors (Lipinski definition) is 1. The number of likely N-dealkylation sites (N-methyl/N-ethyl adjacent to an activating group) is 1. The second kappa shape index (κ2) is 7.92. The monoisotopic (exact) mass is 310 g/mol. The van der Waals surface area contributed by atoms with Crippen molar-refractivity contribution < 1.29 is 9.53 Å². The Balaban J connectivity index is 1.89. The Morgan fingerprint density at radius 2 is 2.24 bits per heavy atom. The van der Waals surface area contributed by atoms with Gasteiger partial charge in [0.25, 0.3) is 0 Å². The van der Waals surface area contributed by atoms with Crippen LogP contribution >= 0.6 is 11.3 Å². The summed E-state index contributed by atoms with van der Waals surface area (Å²) in [5.74, 6) is 0.200. The first-order valence-corrected chi connectivity index (χ1v) is 8.80. The van der Waals surface area contributed by atoms with Crippen LogP contribution < -0.4 is 5.32 Å². The Labute approximate surface area is 131 Å². The molecule has 1 aromatic rings. The average molecular weight is 310 g/mol. The van der Waals surface area contributed by atoms with Gasteiger partial charge in [0, 0.05) is 13.2 Å². The van der Waals surface area contributed by atoms with Crippen LogP contribution in [-0.2, 0) is 9.53 Å². The molecule has 1 aliphatic rings. The minimum absolute atomic E-state index is 0.0600. The Kier molecular flexibility index (Phi) is 6.21. The van der Waals surface area contributed by atoms with Gasteiger partial charge >= 0.3 is 0 Å². The molecule has 118 valence electrons. The Morgan fingerprint density at radius 3 is 2.81 bits per heavy atom. The number of carbonyl (C=O) groups excluding carboxylic acids is 1. The number of rotatable bonds is 9. The van der Waals surface area contributed by atoms with Crippen LogP contribution in [0.1, 0.15) is 38.8 Å². The predicted molar refractivity (Wildman–Crippen MR) is 86.5 cm³/mol. The zero-order valence-electron chi connectivity index (χ0n) is 13.2. The predicted octanol–water partition coefficient (Wildman–Crippen LogP) is 2.67. The van der Waals surface area contributed by atoms with Crippen LogP contribution in [0.5, 0.6) is 0 Å². The van der Waals surface area contributed by atoms with Crippen molar-refractivity contribution in [1.82, 2.24) is 10.2 Å². The number of amides is 1. The average Bonchev–Trinajstić information content (AvgIpc) is 3.05. The zero-order chi connectivity index (χ0) is 15.2. The van der Waals surface area contributed by atoms with Gasteiger partial charge in [-0.25, -0.2) is 0 Å².